The molecule has 0 saturated heterocycles. The first-order valence-electron chi connectivity index (χ1n) is 5.24. The third-order valence-corrected chi connectivity index (χ3v) is 2.55. The van der Waals surface area contributed by atoms with Gasteiger partial charge < -0.3 is 10.1 Å². The molecule has 0 unspecified atom stereocenters. The van der Waals surface area contributed by atoms with Crippen LogP contribution in [0.5, 0.6) is 0 Å². The van der Waals surface area contributed by atoms with Crippen LogP contribution < -0.4 is 5.32 Å². The van der Waals surface area contributed by atoms with E-state index in [1.54, 1.807) is 26.2 Å². The molecule has 1 aromatic heterocycles. The monoisotopic (exact) mass is 266 g/mol. The molecule has 0 saturated carbocycles. The van der Waals surface area contributed by atoms with Crippen molar-refractivity contribution in [2.75, 3.05) is 0 Å². The molecule has 0 bridgehead atoms. The van der Waals surface area contributed by atoms with Crippen LogP contribution in [0.1, 0.15) is 36.3 Å². The molecular weight excluding hydrogens is 252 g/mol. The number of nitrogens with zero attached hydrogens (tertiary/aromatic N) is 1. The van der Waals surface area contributed by atoms with Gasteiger partial charge in [0.1, 0.15) is 16.3 Å². The van der Waals surface area contributed by atoms with E-state index in [0.29, 0.717) is 5.01 Å². The minimum Gasteiger partial charge on any atom is -0.444 e. The number of ether oxygens (including phenoxy) is 1. The van der Waals surface area contributed by atoms with Gasteiger partial charge in [0, 0.05) is 5.38 Å². The molecule has 1 N–H and O–H groups in total. The molecule has 1 heterocycles. The maximum atomic E-state index is 11.4. The predicted octanol–water partition coefficient (Wildman–Crippen LogP) is 1.98. The zero-order chi connectivity index (χ0) is 13.8. The smallest absolute Gasteiger partial charge is 0.408 e. The highest BCUT2D eigenvalue weighted by Gasteiger charge is 2.16. The van der Waals surface area contributed by atoms with Crippen molar-refractivity contribution in [1.29, 1.82) is 0 Å². The van der Waals surface area contributed by atoms with Gasteiger partial charge in [-0.3, -0.25) is 4.79 Å². The van der Waals surface area contributed by atoms with Gasteiger partial charge in [0.25, 0.3) is 5.78 Å². The third kappa shape index (κ3) is 4.55. The molecule has 0 aromatic carbocycles. The average molecular weight is 266 g/mol. The SMILES string of the molecule is C#CC(=O)c1csc(CNC(=O)OC(C)(C)C)n1. The fourth-order valence-electron chi connectivity index (χ4n) is 1.03. The van der Waals surface area contributed by atoms with Crippen molar-refractivity contribution < 1.29 is 14.3 Å². The molecule has 0 atom stereocenters. The van der Waals surface area contributed by atoms with Gasteiger partial charge in [-0.15, -0.1) is 17.8 Å². The molecule has 0 aliphatic heterocycles. The molecule has 96 valence electrons. The summed E-state index contributed by atoms with van der Waals surface area (Å²) in [7, 11) is 0. The lowest BCUT2D eigenvalue weighted by molar-refractivity contribution is 0.0523. The van der Waals surface area contributed by atoms with E-state index in [2.05, 4.69) is 10.3 Å². The summed E-state index contributed by atoms with van der Waals surface area (Å²) in [5, 5.41) is 4.71. The van der Waals surface area contributed by atoms with Gasteiger partial charge in [-0.1, -0.05) is 0 Å². The summed E-state index contributed by atoms with van der Waals surface area (Å²) in [6.07, 6.45) is 4.45. The Hall–Kier alpha value is -1.87. The molecule has 0 radical (unpaired) electrons. The summed E-state index contributed by atoms with van der Waals surface area (Å²) in [6.45, 7) is 5.54. The van der Waals surface area contributed by atoms with E-state index in [1.807, 2.05) is 5.92 Å². The number of Topliss-reactive ketones (excluding diaryl/α,β-unsaturated/α-hetero) is 1. The first kappa shape index (κ1) is 14.2. The maximum absolute atomic E-state index is 11.4. The summed E-state index contributed by atoms with van der Waals surface area (Å²) in [6, 6.07) is 0. The van der Waals surface area contributed by atoms with Crippen LogP contribution >= 0.6 is 11.3 Å². The topological polar surface area (TPSA) is 68.3 Å². The van der Waals surface area contributed by atoms with E-state index in [0.717, 1.165) is 0 Å². The van der Waals surface area contributed by atoms with Crippen molar-refractivity contribution in [3.8, 4) is 12.3 Å². The largest absolute Gasteiger partial charge is 0.444 e. The van der Waals surface area contributed by atoms with E-state index < -0.39 is 17.5 Å². The van der Waals surface area contributed by atoms with Crippen LogP contribution in [0.2, 0.25) is 0 Å². The van der Waals surface area contributed by atoms with Gasteiger partial charge >= 0.3 is 6.09 Å². The zero-order valence-corrected chi connectivity index (χ0v) is 11.3. The number of nitrogens with one attached hydrogen (secondary N) is 1. The molecule has 0 aliphatic rings. The Kier molecular flexibility index (Phi) is 4.45. The number of rotatable bonds is 3. The molecule has 6 heteroatoms. The van der Waals surface area contributed by atoms with Crippen LogP contribution in [-0.4, -0.2) is 22.5 Å². The number of terminal acetylenes is 1. The number of hydrogen-bond donors (Lipinski definition) is 1. The van der Waals surface area contributed by atoms with E-state index in [4.69, 9.17) is 11.2 Å². The normalized spacial score (nSPS) is 10.6. The molecule has 5 nitrogen and oxygen atoms in total. The second-order valence-corrected chi connectivity index (χ2v) is 5.40. The van der Waals surface area contributed by atoms with Crippen molar-refractivity contribution in [1.82, 2.24) is 10.3 Å². The number of aromatic nitrogens is 1. The van der Waals surface area contributed by atoms with Crippen molar-refractivity contribution >= 4 is 23.2 Å². The van der Waals surface area contributed by atoms with E-state index in [1.165, 1.54) is 11.3 Å². The van der Waals surface area contributed by atoms with Crippen LogP contribution in [0.4, 0.5) is 4.79 Å². The fourth-order valence-corrected chi connectivity index (χ4v) is 1.75. The standard InChI is InChI=1S/C12H14N2O3S/c1-5-9(15)8-7-18-10(14-8)6-13-11(16)17-12(2,3)4/h1,7H,6H2,2-4H3,(H,13,16). The Morgan fingerprint density at radius 1 is 1.56 bits per heavy atom. The number of ketones is 1. The molecule has 0 fully saturated rings. The lowest BCUT2D eigenvalue weighted by atomic mass is 10.2. The highest BCUT2D eigenvalue weighted by molar-refractivity contribution is 7.09. The minimum atomic E-state index is -0.544. The summed E-state index contributed by atoms with van der Waals surface area (Å²) in [4.78, 5) is 26.5. The van der Waals surface area contributed by atoms with Gasteiger partial charge in [-0.25, -0.2) is 9.78 Å². The van der Waals surface area contributed by atoms with Gasteiger partial charge in [0.15, 0.2) is 0 Å². The second kappa shape index (κ2) is 5.65. The number of carbonyl (C=O) groups is 2. The highest BCUT2D eigenvalue weighted by Crippen LogP contribution is 2.11. The van der Waals surface area contributed by atoms with Crippen LogP contribution in [0.3, 0.4) is 0 Å². The summed E-state index contributed by atoms with van der Waals surface area (Å²) >= 11 is 1.26. The predicted molar refractivity (Wildman–Crippen MR) is 68.4 cm³/mol. The number of hydrogen-bond acceptors (Lipinski definition) is 5. The summed E-state index contributed by atoms with van der Waals surface area (Å²) < 4.78 is 5.06. The summed E-state index contributed by atoms with van der Waals surface area (Å²) in [5.74, 6) is 1.52. The van der Waals surface area contributed by atoms with Gasteiger partial charge in [-0.2, -0.15) is 0 Å². The Morgan fingerprint density at radius 2 is 2.22 bits per heavy atom. The van der Waals surface area contributed by atoms with Crippen molar-refractivity contribution in [3.05, 3.63) is 16.1 Å². The number of amides is 1. The number of alkyl carbamates (subject to hydrolysis) is 1. The van der Waals surface area contributed by atoms with Crippen LogP contribution in [-0.2, 0) is 11.3 Å². The van der Waals surface area contributed by atoms with Crippen LogP contribution in [0.25, 0.3) is 0 Å². The second-order valence-electron chi connectivity index (χ2n) is 4.46. The zero-order valence-electron chi connectivity index (χ0n) is 10.4. The lowest BCUT2D eigenvalue weighted by Gasteiger charge is -2.19. The molecule has 1 rings (SSSR count). The number of thiazole rings is 1. The molecule has 1 aromatic rings. The van der Waals surface area contributed by atoms with Crippen LogP contribution in [0.15, 0.2) is 5.38 Å². The quantitative estimate of drug-likeness (QED) is 0.516. The van der Waals surface area contributed by atoms with Gasteiger partial charge in [0.05, 0.1) is 6.54 Å². The number of carbonyl (C=O) groups excluding carboxylic acids is 2. The molecular formula is C12H14N2O3S. The van der Waals surface area contributed by atoms with Crippen molar-refractivity contribution in [3.63, 3.8) is 0 Å². The first-order valence-corrected chi connectivity index (χ1v) is 6.12. The Labute approximate surface area is 110 Å². The average Bonchev–Trinajstić information content (AvgIpc) is 2.71. The molecule has 0 spiro atoms. The fraction of sp³-hybridized carbons (Fsp3) is 0.417. The van der Waals surface area contributed by atoms with E-state index >= 15 is 0 Å². The Bertz CT molecular complexity index is 494. The maximum Gasteiger partial charge on any atom is 0.408 e. The molecule has 18 heavy (non-hydrogen) atoms. The van der Waals surface area contributed by atoms with Gasteiger partial charge in [-0.05, 0) is 26.7 Å². The van der Waals surface area contributed by atoms with E-state index in [9.17, 15) is 9.59 Å². The van der Waals surface area contributed by atoms with Crippen molar-refractivity contribution in [2.24, 2.45) is 0 Å². The molecule has 0 aliphatic carbocycles. The van der Waals surface area contributed by atoms with Gasteiger partial charge in [0.2, 0.25) is 0 Å². The molecule has 1 amide bonds. The highest BCUT2D eigenvalue weighted by atomic mass is 32.1. The Balaban J connectivity index is 2.50. The summed E-state index contributed by atoms with van der Waals surface area (Å²) in [5.41, 5.74) is -0.319. The van der Waals surface area contributed by atoms with E-state index in [-0.39, 0.29) is 12.2 Å². The lowest BCUT2D eigenvalue weighted by Crippen LogP contribution is -2.32. The first-order chi connectivity index (χ1) is 8.31. The Morgan fingerprint density at radius 3 is 2.78 bits per heavy atom. The third-order valence-electron chi connectivity index (χ3n) is 1.70. The van der Waals surface area contributed by atoms with Crippen molar-refractivity contribution in [2.45, 2.75) is 32.9 Å². The minimum absolute atomic E-state index is 0.206. The van der Waals surface area contributed by atoms with Crippen LogP contribution in [0, 0.1) is 12.3 Å².